The number of carbonyl (C=O) groups is 2. The lowest BCUT2D eigenvalue weighted by Gasteiger charge is -2.41. The van der Waals surface area contributed by atoms with Crippen LogP contribution in [-0.4, -0.2) is 109 Å². The van der Waals surface area contributed by atoms with Crippen LogP contribution in [0.5, 0.6) is 11.5 Å². The van der Waals surface area contributed by atoms with Gasteiger partial charge in [-0.15, -0.1) is 0 Å². The first-order valence-corrected chi connectivity index (χ1v) is 15.2. The molecule has 0 saturated carbocycles. The Morgan fingerprint density at radius 3 is 2.32 bits per heavy atom. The van der Waals surface area contributed by atoms with Crippen molar-refractivity contribution in [3.8, 4) is 28.4 Å². The second kappa shape index (κ2) is 11.7. The molecule has 0 unspecified atom stereocenters. The molecule has 1 aliphatic rings. The number of rotatable bonds is 10. The van der Waals surface area contributed by atoms with Gasteiger partial charge in [-0.1, -0.05) is 13.8 Å². The van der Waals surface area contributed by atoms with Gasteiger partial charge in [0.05, 0.1) is 18.5 Å². The Labute approximate surface area is 253 Å². The zero-order valence-electron chi connectivity index (χ0n) is 26.1. The molecule has 1 aliphatic heterocycles. The van der Waals surface area contributed by atoms with E-state index in [4.69, 9.17) is 14.6 Å². The van der Waals surface area contributed by atoms with Gasteiger partial charge in [-0.2, -0.15) is 16.4 Å². The molecular weight excluding hydrogens is 529 g/mol. The Morgan fingerprint density at radius 1 is 1.12 bits per heavy atom. The quantitative estimate of drug-likeness (QED) is 0.266. The second-order valence-electron chi connectivity index (χ2n) is 13.1. The number of nitrogens with zero attached hydrogens (tertiary/aromatic N) is 4. The van der Waals surface area contributed by atoms with E-state index in [0.29, 0.717) is 30.5 Å². The van der Waals surface area contributed by atoms with Crippen molar-refractivity contribution in [3.05, 3.63) is 45.8 Å². The van der Waals surface area contributed by atoms with Crippen LogP contribution in [0.25, 0.3) is 16.9 Å². The lowest BCUT2D eigenvalue weighted by molar-refractivity contribution is -0.129. The van der Waals surface area contributed by atoms with Crippen LogP contribution >= 0.6 is 11.3 Å². The Kier molecular flexibility index (Phi) is 8.88. The SMILES string of the molecule is BC(B)(B)N(CCN(C(=O)c1nn(-c2ccsc2)c2c1COc1cc(OC)c(CC(C)C)cc1-2)C(B)(B)B)C(C)=O. The summed E-state index contributed by atoms with van der Waals surface area (Å²) in [7, 11) is 13.7. The highest BCUT2D eigenvalue weighted by atomic mass is 32.1. The van der Waals surface area contributed by atoms with Gasteiger partial charge in [0.15, 0.2) is 5.69 Å². The van der Waals surface area contributed by atoms with E-state index >= 15 is 0 Å². The maximum Gasteiger partial charge on any atom is 0.273 e. The molecule has 8 nitrogen and oxygen atoms in total. The number of fused-ring (bicyclic) bond motifs is 3. The minimum absolute atomic E-state index is 0.0180. The molecular formula is C26H38B6N4O4S. The number of amides is 2. The van der Waals surface area contributed by atoms with Gasteiger partial charge >= 0.3 is 0 Å². The minimum atomic E-state index is -0.498. The average molecular weight is 568 g/mol. The van der Waals surface area contributed by atoms with Gasteiger partial charge in [-0.25, -0.2) is 4.68 Å². The van der Waals surface area contributed by atoms with E-state index < -0.39 is 5.24 Å². The molecule has 0 atom stereocenters. The molecule has 0 saturated heterocycles. The number of methoxy groups -OCH3 is 1. The van der Waals surface area contributed by atoms with Gasteiger partial charge in [0.1, 0.15) is 65.2 Å². The van der Waals surface area contributed by atoms with E-state index in [-0.39, 0.29) is 23.7 Å². The maximum absolute atomic E-state index is 14.4. The molecule has 0 bridgehead atoms. The first-order chi connectivity index (χ1) is 19.1. The normalized spacial score (nSPS) is 12.8. The van der Waals surface area contributed by atoms with Crippen molar-refractivity contribution in [2.75, 3.05) is 20.2 Å². The summed E-state index contributed by atoms with van der Waals surface area (Å²) >= 11 is 1.58. The first-order valence-electron chi connectivity index (χ1n) is 14.2. The molecule has 0 aliphatic carbocycles. The fourth-order valence-corrected chi connectivity index (χ4v) is 6.10. The fraction of sp³-hybridized carbons (Fsp3) is 0.423. The zero-order valence-corrected chi connectivity index (χ0v) is 26.9. The standard InChI is InChI=1S/C26H38B6N4O4S/c1-14(2)9-16-10-18-21(11-20(16)39-4)40-12-19-22(33-36(23(18)19)17-5-8-41-13-17)24(38)35(26(30,31)32)7-6-34(15(3)37)25(27,28)29/h5,8,10-11,13-14H,6-7,9,12,27-32H2,1-4H3. The highest BCUT2D eigenvalue weighted by Crippen LogP contribution is 2.44. The Bertz CT molecular complexity index is 1430. The van der Waals surface area contributed by atoms with Crippen molar-refractivity contribution in [1.29, 1.82) is 0 Å². The fourth-order valence-electron chi connectivity index (χ4n) is 5.48. The summed E-state index contributed by atoms with van der Waals surface area (Å²) < 4.78 is 13.9. The minimum Gasteiger partial charge on any atom is -0.496 e. The van der Waals surface area contributed by atoms with Crippen LogP contribution < -0.4 is 9.47 Å². The molecule has 4 rings (SSSR count). The maximum atomic E-state index is 14.4. The summed E-state index contributed by atoms with van der Waals surface area (Å²) in [5.74, 6) is 1.75. The van der Waals surface area contributed by atoms with Gasteiger partial charge in [0, 0.05) is 42.6 Å². The van der Waals surface area contributed by atoms with Crippen LogP contribution in [0.3, 0.4) is 0 Å². The molecule has 2 amide bonds. The predicted molar refractivity (Wildman–Crippen MR) is 181 cm³/mol. The lowest BCUT2D eigenvalue weighted by Crippen LogP contribution is -2.59. The van der Waals surface area contributed by atoms with Gasteiger partial charge in [0.25, 0.3) is 5.91 Å². The van der Waals surface area contributed by atoms with Crippen LogP contribution in [0.4, 0.5) is 0 Å². The van der Waals surface area contributed by atoms with E-state index in [1.54, 1.807) is 30.3 Å². The monoisotopic (exact) mass is 568 g/mol. The van der Waals surface area contributed by atoms with Crippen molar-refractivity contribution in [2.45, 2.75) is 44.3 Å². The summed E-state index contributed by atoms with van der Waals surface area (Å²) in [5.41, 5.74) is 4.90. The number of hydrogen-bond acceptors (Lipinski definition) is 6. The summed E-state index contributed by atoms with van der Waals surface area (Å²) in [6.45, 7) is 6.96. The smallest absolute Gasteiger partial charge is 0.273 e. The van der Waals surface area contributed by atoms with E-state index in [1.165, 1.54) is 0 Å². The molecule has 15 heteroatoms. The van der Waals surface area contributed by atoms with E-state index in [1.807, 2.05) is 79.6 Å². The second-order valence-corrected chi connectivity index (χ2v) is 13.9. The average Bonchev–Trinajstić information content (AvgIpc) is 3.52. The Morgan fingerprint density at radius 2 is 1.78 bits per heavy atom. The first kappa shape index (κ1) is 31.0. The van der Waals surface area contributed by atoms with Gasteiger partial charge < -0.3 is 19.3 Å². The third-order valence-corrected chi connectivity index (χ3v) is 8.04. The number of aromatic nitrogens is 2. The van der Waals surface area contributed by atoms with E-state index in [2.05, 4.69) is 19.9 Å². The molecule has 0 spiro atoms. The lowest BCUT2D eigenvalue weighted by atomic mass is 9.47. The topological polar surface area (TPSA) is 76.9 Å². The highest BCUT2D eigenvalue weighted by Gasteiger charge is 2.36. The summed E-state index contributed by atoms with van der Waals surface area (Å²) in [4.78, 5) is 30.5. The number of benzene rings is 1. The van der Waals surface area contributed by atoms with Crippen molar-refractivity contribution >= 4 is 70.2 Å². The third kappa shape index (κ3) is 6.45. The predicted octanol–water partition coefficient (Wildman–Crippen LogP) is -1.99. The van der Waals surface area contributed by atoms with Crippen molar-refractivity contribution in [3.63, 3.8) is 0 Å². The summed E-state index contributed by atoms with van der Waals surface area (Å²) in [6.07, 6.45) is 0.850. The Balaban J connectivity index is 1.84. The summed E-state index contributed by atoms with van der Waals surface area (Å²) in [5, 5.41) is 8.14. The molecule has 210 valence electrons. The molecule has 41 heavy (non-hydrogen) atoms. The van der Waals surface area contributed by atoms with Gasteiger partial charge in [-0.3, -0.25) is 9.59 Å². The van der Waals surface area contributed by atoms with Crippen LogP contribution in [0.15, 0.2) is 29.0 Å². The number of carbonyl (C=O) groups excluding carboxylic acids is 2. The van der Waals surface area contributed by atoms with Gasteiger partial charge in [0.2, 0.25) is 5.91 Å². The molecule has 0 fully saturated rings. The van der Waals surface area contributed by atoms with E-state index in [0.717, 1.165) is 40.2 Å². The van der Waals surface area contributed by atoms with Crippen LogP contribution in [0.1, 0.15) is 42.4 Å². The van der Waals surface area contributed by atoms with Crippen LogP contribution in [0.2, 0.25) is 0 Å². The summed E-state index contributed by atoms with van der Waals surface area (Å²) in [6, 6.07) is 6.09. The molecule has 3 heterocycles. The van der Waals surface area contributed by atoms with Crippen molar-refractivity contribution in [2.24, 2.45) is 5.92 Å². The molecule has 1 aromatic carbocycles. The molecule has 0 N–H and O–H groups in total. The number of hydrogen-bond donors (Lipinski definition) is 0. The van der Waals surface area contributed by atoms with Crippen LogP contribution in [0, 0.1) is 5.92 Å². The Hall–Kier alpha value is -2.94. The van der Waals surface area contributed by atoms with Crippen LogP contribution in [-0.2, 0) is 17.8 Å². The third-order valence-electron chi connectivity index (χ3n) is 7.37. The zero-order chi connectivity index (χ0) is 30.3. The number of ether oxygens (including phenoxy) is 2. The van der Waals surface area contributed by atoms with Crippen molar-refractivity contribution in [1.82, 2.24) is 19.6 Å². The highest BCUT2D eigenvalue weighted by molar-refractivity contribution is 7.08. The van der Waals surface area contributed by atoms with Crippen molar-refractivity contribution < 1.29 is 19.1 Å². The largest absolute Gasteiger partial charge is 0.496 e. The molecule has 3 aromatic rings. The van der Waals surface area contributed by atoms with E-state index in [9.17, 15) is 9.59 Å². The number of thiophene rings is 1. The molecule has 2 aromatic heterocycles. The van der Waals surface area contributed by atoms with Gasteiger partial charge in [-0.05, 0) is 45.9 Å². The molecule has 0 radical (unpaired) electrons.